The van der Waals surface area contributed by atoms with Crippen LogP contribution in [0, 0.1) is 10.1 Å². The number of hydrogen-bond acceptors (Lipinski definition) is 2. The fourth-order valence-corrected chi connectivity index (χ4v) is 3.25. The molecule has 0 amide bonds. The van der Waals surface area contributed by atoms with Gasteiger partial charge >= 0.3 is 0 Å². The number of para-hydroxylation sites is 1. The minimum Gasteiger partial charge on any atom is -0.258 e. The van der Waals surface area contributed by atoms with Gasteiger partial charge in [-0.2, -0.15) is 0 Å². The van der Waals surface area contributed by atoms with Crippen LogP contribution in [0.15, 0.2) is 60.7 Å². The molecule has 3 aromatic carbocycles. The first-order valence-corrected chi connectivity index (χ1v) is 7.20. The van der Waals surface area contributed by atoms with Crippen LogP contribution in [0.5, 0.6) is 0 Å². The molecule has 0 aliphatic heterocycles. The van der Waals surface area contributed by atoms with Crippen molar-refractivity contribution >= 4 is 22.5 Å². The maximum absolute atomic E-state index is 11.3. The van der Waals surface area contributed by atoms with E-state index in [2.05, 4.69) is 24.3 Å². The molecular weight excluding hydrogens is 274 g/mol. The first-order chi connectivity index (χ1) is 10.8. The molecule has 0 radical (unpaired) electrons. The molecule has 0 N–H and O–H groups in total. The molecule has 0 fully saturated rings. The molecule has 106 valence electrons. The Bertz CT molecular complexity index is 941. The van der Waals surface area contributed by atoms with Crippen molar-refractivity contribution in [3.05, 3.63) is 81.9 Å². The molecule has 3 aromatic rings. The molecule has 0 saturated carbocycles. The number of allylic oxidation sites excluding steroid dienone is 1. The van der Waals surface area contributed by atoms with Gasteiger partial charge in [0.1, 0.15) is 0 Å². The standard InChI is InChI=1S/C19H13NO2/c21-20(22)18-10-2-1-8-16(18)15-12-11-14-6-3-5-13-7-4-9-17(15)19(13)14/h1-8,10-12H,9H2. The summed E-state index contributed by atoms with van der Waals surface area (Å²) < 4.78 is 0. The highest BCUT2D eigenvalue weighted by Gasteiger charge is 2.19. The van der Waals surface area contributed by atoms with Gasteiger partial charge in [-0.05, 0) is 39.9 Å². The zero-order chi connectivity index (χ0) is 15.1. The number of nitro groups is 1. The van der Waals surface area contributed by atoms with E-state index in [0.717, 1.165) is 12.0 Å². The van der Waals surface area contributed by atoms with Crippen LogP contribution in [0.25, 0.3) is 28.0 Å². The molecule has 0 saturated heterocycles. The summed E-state index contributed by atoms with van der Waals surface area (Å²) in [5, 5.41) is 13.7. The molecule has 0 aromatic heterocycles. The quantitative estimate of drug-likeness (QED) is 0.492. The fraction of sp³-hybridized carbons (Fsp3) is 0.0526. The first-order valence-electron chi connectivity index (χ1n) is 7.20. The van der Waals surface area contributed by atoms with Crippen molar-refractivity contribution in [3.63, 3.8) is 0 Å². The molecule has 0 atom stereocenters. The molecule has 0 spiro atoms. The Balaban J connectivity index is 2.07. The van der Waals surface area contributed by atoms with Gasteiger partial charge in [0, 0.05) is 6.07 Å². The molecule has 3 heteroatoms. The van der Waals surface area contributed by atoms with E-state index in [9.17, 15) is 10.1 Å². The number of nitrogens with zero attached hydrogens (tertiary/aromatic N) is 1. The molecule has 1 aliphatic carbocycles. The van der Waals surface area contributed by atoms with E-state index in [-0.39, 0.29) is 10.6 Å². The second kappa shape index (κ2) is 4.81. The number of nitro benzene ring substituents is 1. The van der Waals surface area contributed by atoms with Crippen molar-refractivity contribution in [1.82, 2.24) is 0 Å². The van der Waals surface area contributed by atoms with E-state index in [0.29, 0.717) is 5.56 Å². The molecule has 0 unspecified atom stereocenters. The van der Waals surface area contributed by atoms with E-state index in [1.807, 2.05) is 30.3 Å². The summed E-state index contributed by atoms with van der Waals surface area (Å²) in [6.45, 7) is 0. The summed E-state index contributed by atoms with van der Waals surface area (Å²) in [5.41, 5.74) is 4.15. The van der Waals surface area contributed by atoms with Crippen molar-refractivity contribution in [2.24, 2.45) is 0 Å². The molecule has 22 heavy (non-hydrogen) atoms. The SMILES string of the molecule is O=[N+]([O-])c1ccccc1-c1ccc2cccc3c2c1CC=C3. The van der Waals surface area contributed by atoms with Crippen LogP contribution in [0.3, 0.4) is 0 Å². The highest BCUT2D eigenvalue weighted by atomic mass is 16.6. The van der Waals surface area contributed by atoms with Gasteiger partial charge in [0.25, 0.3) is 5.69 Å². The van der Waals surface area contributed by atoms with Gasteiger partial charge < -0.3 is 0 Å². The molecule has 0 heterocycles. The van der Waals surface area contributed by atoms with Crippen molar-refractivity contribution < 1.29 is 4.92 Å². The largest absolute Gasteiger partial charge is 0.277 e. The molecule has 4 rings (SSSR count). The lowest BCUT2D eigenvalue weighted by atomic mass is 9.87. The maximum Gasteiger partial charge on any atom is 0.277 e. The fourth-order valence-electron chi connectivity index (χ4n) is 3.25. The molecular formula is C19H13NO2. The summed E-state index contributed by atoms with van der Waals surface area (Å²) in [5.74, 6) is 0. The molecule has 3 nitrogen and oxygen atoms in total. The van der Waals surface area contributed by atoms with Crippen LogP contribution in [-0.4, -0.2) is 4.92 Å². The van der Waals surface area contributed by atoms with E-state index >= 15 is 0 Å². The minimum atomic E-state index is -0.309. The van der Waals surface area contributed by atoms with Crippen molar-refractivity contribution in [2.45, 2.75) is 6.42 Å². The Morgan fingerprint density at radius 2 is 1.77 bits per heavy atom. The lowest BCUT2D eigenvalue weighted by Gasteiger charge is -2.17. The number of hydrogen-bond donors (Lipinski definition) is 0. The van der Waals surface area contributed by atoms with Crippen LogP contribution in [0.2, 0.25) is 0 Å². The highest BCUT2D eigenvalue weighted by molar-refractivity contribution is 5.99. The number of benzene rings is 3. The number of rotatable bonds is 2. The van der Waals surface area contributed by atoms with Gasteiger partial charge in [0.15, 0.2) is 0 Å². The van der Waals surface area contributed by atoms with Gasteiger partial charge in [-0.15, -0.1) is 0 Å². The Morgan fingerprint density at radius 3 is 2.64 bits per heavy atom. The summed E-state index contributed by atoms with van der Waals surface area (Å²) in [4.78, 5) is 11.0. The third-order valence-electron chi connectivity index (χ3n) is 4.20. The van der Waals surface area contributed by atoms with Crippen molar-refractivity contribution in [3.8, 4) is 11.1 Å². The summed E-state index contributed by atoms with van der Waals surface area (Å²) in [6.07, 6.45) is 5.05. The smallest absolute Gasteiger partial charge is 0.258 e. The summed E-state index contributed by atoms with van der Waals surface area (Å²) in [7, 11) is 0. The lowest BCUT2D eigenvalue weighted by Crippen LogP contribution is -1.98. The van der Waals surface area contributed by atoms with Crippen LogP contribution in [0.1, 0.15) is 11.1 Å². The maximum atomic E-state index is 11.3. The normalized spacial score (nSPS) is 12.5. The van der Waals surface area contributed by atoms with Crippen LogP contribution in [-0.2, 0) is 6.42 Å². The van der Waals surface area contributed by atoms with E-state index < -0.39 is 0 Å². The summed E-state index contributed by atoms with van der Waals surface area (Å²) >= 11 is 0. The third-order valence-corrected chi connectivity index (χ3v) is 4.20. The second-order valence-corrected chi connectivity index (χ2v) is 5.42. The zero-order valence-electron chi connectivity index (χ0n) is 11.8. The van der Waals surface area contributed by atoms with E-state index in [1.165, 1.54) is 21.9 Å². The van der Waals surface area contributed by atoms with Crippen LogP contribution >= 0.6 is 0 Å². The predicted molar refractivity (Wildman–Crippen MR) is 88.8 cm³/mol. The molecule has 1 aliphatic rings. The lowest BCUT2D eigenvalue weighted by molar-refractivity contribution is -0.384. The average Bonchev–Trinajstić information content (AvgIpc) is 2.56. The van der Waals surface area contributed by atoms with Crippen LogP contribution in [0.4, 0.5) is 5.69 Å². The Kier molecular flexibility index (Phi) is 2.79. The Labute approximate surface area is 127 Å². The Hall–Kier alpha value is -2.94. The molecule has 0 bridgehead atoms. The van der Waals surface area contributed by atoms with E-state index in [4.69, 9.17) is 0 Å². The van der Waals surface area contributed by atoms with Gasteiger partial charge in [-0.1, -0.05) is 54.6 Å². The monoisotopic (exact) mass is 287 g/mol. The Morgan fingerprint density at radius 1 is 0.909 bits per heavy atom. The predicted octanol–water partition coefficient (Wildman–Crippen LogP) is 4.98. The second-order valence-electron chi connectivity index (χ2n) is 5.42. The first kappa shape index (κ1) is 12.8. The zero-order valence-corrected chi connectivity index (χ0v) is 11.8. The van der Waals surface area contributed by atoms with Crippen LogP contribution < -0.4 is 0 Å². The van der Waals surface area contributed by atoms with E-state index in [1.54, 1.807) is 12.1 Å². The van der Waals surface area contributed by atoms with Gasteiger partial charge in [-0.3, -0.25) is 10.1 Å². The topological polar surface area (TPSA) is 43.1 Å². The van der Waals surface area contributed by atoms with Crippen molar-refractivity contribution in [2.75, 3.05) is 0 Å². The average molecular weight is 287 g/mol. The third kappa shape index (κ3) is 1.83. The van der Waals surface area contributed by atoms with Gasteiger partial charge in [0.05, 0.1) is 10.5 Å². The minimum absolute atomic E-state index is 0.158. The van der Waals surface area contributed by atoms with Crippen molar-refractivity contribution in [1.29, 1.82) is 0 Å². The van der Waals surface area contributed by atoms with Gasteiger partial charge in [0.2, 0.25) is 0 Å². The highest BCUT2D eigenvalue weighted by Crippen LogP contribution is 2.38. The summed E-state index contributed by atoms with van der Waals surface area (Å²) in [6, 6.07) is 17.2. The van der Waals surface area contributed by atoms with Gasteiger partial charge in [-0.25, -0.2) is 0 Å².